The van der Waals surface area contributed by atoms with E-state index in [1.807, 2.05) is 0 Å². The van der Waals surface area contributed by atoms with Crippen molar-refractivity contribution in [2.24, 2.45) is 5.73 Å². The van der Waals surface area contributed by atoms with Crippen molar-refractivity contribution >= 4 is 34.0 Å². The minimum absolute atomic E-state index is 0. The van der Waals surface area contributed by atoms with Crippen molar-refractivity contribution in [1.82, 2.24) is 4.90 Å². The molecule has 1 heterocycles. The zero-order valence-corrected chi connectivity index (χ0v) is 16.3. The van der Waals surface area contributed by atoms with Crippen LogP contribution < -0.4 is 10.5 Å². The van der Waals surface area contributed by atoms with E-state index in [1.54, 1.807) is 17.0 Å². The van der Waals surface area contributed by atoms with Crippen LogP contribution >= 0.6 is 12.4 Å². The third-order valence-electron chi connectivity index (χ3n) is 4.34. The van der Waals surface area contributed by atoms with E-state index >= 15 is 0 Å². The predicted molar refractivity (Wildman–Crippen MR) is 104 cm³/mol. The van der Waals surface area contributed by atoms with Crippen molar-refractivity contribution in [1.29, 1.82) is 0 Å². The summed E-state index contributed by atoms with van der Waals surface area (Å²) in [7, 11) is -3.84. The molecular formula is C18H21ClFN3O3S. The fourth-order valence-electron chi connectivity index (χ4n) is 2.83. The van der Waals surface area contributed by atoms with E-state index in [9.17, 15) is 17.6 Å². The Morgan fingerprint density at radius 1 is 1.22 bits per heavy atom. The second kappa shape index (κ2) is 8.24. The molecule has 1 atom stereocenters. The van der Waals surface area contributed by atoms with Crippen LogP contribution in [0.15, 0.2) is 47.4 Å². The van der Waals surface area contributed by atoms with Crippen LogP contribution in [0, 0.1) is 12.7 Å². The number of carbonyl (C=O) groups is 1. The molecule has 0 saturated carbocycles. The summed E-state index contributed by atoms with van der Waals surface area (Å²) in [6.45, 7) is 2.65. The topological polar surface area (TPSA) is 92.5 Å². The minimum Gasteiger partial charge on any atom is -0.337 e. The van der Waals surface area contributed by atoms with Gasteiger partial charge in [0.15, 0.2) is 0 Å². The van der Waals surface area contributed by atoms with Crippen LogP contribution in [-0.4, -0.2) is 38.4 Å². The summed E-state index contributed by atoms with van der Waals surface area (Å²) in [5.41, 5.74) is 6.86. The van der Waals surface area contributed by atoms with Crippen molar-refractivity contribution in [3.63, 3.8) is 0 Å². The number of aryl methyl sites for hydroxylation is 1. The quantitative estimate of drug-likeness (QED) is 0.805. The predicted octanol–water partition coefficient (Wildman–Crippen LogP) is 2.53. The van der Waals surface area contributed by atoms with E-state index in [4.69, 9.17) is 5.73 Å². The van der Waals surface area contributed by atoms with Gasteiger partial charge in [0, 0.05) is 30.4 Å². The van der Waals surface area contributed by atoms with Crippen molar-refractivity contribution < 1.29 is 17.6 Å². The lowest BCUT2D eigenvalue weighted by molar-refractivity contribution is 0.0791. The summed E-state index contributed by atoms with van der Waals surface area (Å²) < 4.78 is 40.6. The molecule has 6 nitrogen and oxygen atoms in total. The first-order chi connectivity index (χ1) is 12.3. The monoisotopic (exact) mass is 413 g/mol. The lowest BCUT2D eigenvalue weighted by Crippen LogP contribution is -2.31. The summed E-state index contributed by atoms with van der Waals surface area (Å²) in [6, 6.07) is 9.79. The molecule has 1 fully saturated rings. The number of benzene rings is 2. The second-order valence-corrected chi connectivity index (χ2v) is 8.08. The maximum Gasteiger partial charge on any atom is 0.261 e. The van der Waals surface area contributed by atoms with Gasteiger partial charge in [-0.15, -0.1) is 12.4 Å². The molecule has 2 aromatic carbocycles. The van der Waals surface area contributed by atoms with Gasteiger partial charge in [0.2, 0.25) is 0 Å². The summed E-state index contributed by atoms with van der Waals surface area (Å²) in [5, 5.41) is 0. The summed E-state index contributed by atoms with van der Waals surface area (Å²) >= 11 is 0. The molecular weight excluding hydrogens is 393 g/mol. The molecule has 3 N–H and O–H groups in total. The van der Waals surface area contributed by atoms with Crippen molar-refractivity contribution in [3.8, 4) is 0 Å². The Labute approximate surface area is 164 Å². The molecule has 1 saturated heterocycles. The van der Waals surface area contributed by atoms with Crippen LogP contribution in [0.5, 0.6) is 0 Å². The van der Waals surface area contributed by atoms with Crippen molar-refractivity contribution in [3.05, 3.63) is 59.4 Å². The molecule has 3 rings (SSSR count). The molecule has 0 bridgehead atoms. The minimum atomic E-state index is -3.84. The van der Waals surface area contributed by atoms with E-state index in [1.165, 1.54) is 31.2 Å². The largest absolute Gasteiger partial charge is 0.337 e. The first-order valence-electron chi connectivity index (χ1n) is 8.20. The molecule has 0 aromatic heterocycles. The molecule has 9 heteroatoms. The van der Waals surface area contributed by atoms with Gasteiger partial charge in [-0.05, 0) is 61.4 Å². The van der Waals surface area contributed by atoms with E-state index < -0.39 is 15.8 Å². The number of rotatable bonds is 4. The Balaban J connectivity index is 0.00000261. The summed E-state index contributed by atoms with van der Waals surface area (Å²) in [4.78, 5) is 14.0. The average Bonchev–Trinajstić information content (AvgIpc) is 3.03. The van der Waals surface area contributed by atoms with Gasteiger partial charge in [0.1, 0.15) is 5.82 Å². The second-order valence-electron chi connectivity index (χ2n) is 6.39. The highest BCUT2D eigenvalue weighted by molar-refractivity contribution is 7.92. The number of hydrogen-bond acceptors (Lipinski definition) is 4. The summed E-state index contributed by atoms with van der Waals surface area (Å²) in [6.07, 6.45) is 0.778. The zero-order chi connectivity index (χ0) is 18.9. The van der Waals surface area contributed by atoms with Gasteiger partial charge in [0.25, 0.3) is 15.9 Å². The average molecular weight is 414 g/mol. The van der Waals surface area contributed by atoms with E-state index in [-0.39, 0.29) is 34.8 Å². The lowest BCUT2D eigenvalue weighted by Gasteiger charge is -2.16. The van der Waals surface area contributed by atoms with Gasteiger partial charge in [-0.2, -0.15) is 0 Å². The molecule has 1 aliphatic heterocycles. The van der Waals surface area contributed by atoms with Crippen molar-refractivity contribution in [2.45, 2.75) is 24.3 Å². The van der Waals surface area contributed by atoms with Gasteiger partial charge in [-0.1, -0.05) is 0 Å². The smallest absolute Gasteiger partial charge is 0.261 e. The highest BCUT2D eigenvalue weighted by Gasteiger charge is 2.24. The first kappa shape index (κ1) is 21.1. The Hall–Kier alpha value is -2.16. The molecule has 0 unspecified atom stereocenters. The van der Waals surface area contributed by atoms with Crippen LogP contribution in [-0.2, 0) is 10.0 Å². The number of carbonyl (C=O) groups excluding carboxylic acids is 1. The first-order valence-corrected chi connectivity index (χ1v) is 9.68. The van der Waals surface area contributed by atoms with Crippen LogP contribution in [0.1, 0.15) is 22.3 Å². The third kappa shape index (κ3) is 4.77. The highest BCUT2D eigenvalue weighted by Crippen LogP contribution is 2.20. The molecule has 2 aromatic rings. The van der Waals surface area contributed by atoms with Crippen LogP contribution in [0.25, 0.3) is 0 Å². The van der Waals surface area contributed by atoms with Crippen LogP contribution in [0.4, 0.5) is 10.1 Å². The van der Waals surface area contributed by atoms with Gasteiger partial charge in [0.05, 0.1) is 4.90 Å². The lowest BCUT2D eigenvalue weighted by atomic mass is 10.2. The molecule has 1 amide bonds. The number of nitrogens with two attached hydrogens (primary N) is 1. The molecule has 0 radical (unpaired) electrons. The Morgan fingerprint density at radius 3 is 2.44 bits per heavy atom. The van der Waals surface area contributed by atoms with Crippen molar-refractivity contribution in [2.75, 3.05) is 17.8 Å². The van der Waals surface area contributed by atoms with E-state index in [2.05, 4.69) is 4.72 Å². The van der Waals surface area contributed by atoms with Gasteiger partial charge in [-0.25, -0.2) is 12.8 Å². The number of sulfonamides is 1. The molecule has 27 heavy (non-hydrogen) atoms. The zero-order valence-electron chi connectivity index (χ0n) is 14.7. The normalized spacial score (nSPS) is 16.7. The van der Waals surface area contributed by atoms with Crippen LogP contribution in [0.3, 0.4) is 0 Å². The number of nitrogens with zero attached hydrogens (tertiary/aromatic N) is 1. The number of hydrogen-bond donors (Lipinski definition) is 2. The SMILES string of the molecule is Cc1cc(S(=O)(=O)Nc2ccc(C(=O)N3CC[C@@H](N)C3)cc2)ccc1F.Cl. The Kier molecular flexibility index (Phi) is 6.46. The fourth-order valence-corrected chi connectivity index (χ4v) is 3.98. The standard InChI is InChI=1S/C18H20FN3O3S.ClH/c1-12-10-16(6-7-17(12)19)26(24,25)21-15-4-2-13(3-5-15)18(23)22-9-8-14(20)11-22;/h2-7,10,14,21H,8-9,11,20H2,1H3;1H/t14-;/m1./s1. The highest BCUT2D eigenvalue weighted by atomic mass is 35.5. The fraction of sp³-hybridized carbons (Fsp3) is 0.278. The maximum atomic E-state index is 13.3. The molecule has 146 valence electrons. The number of amides is 1. The number of halogens is 2. The maximum absolute atomic E-state index is 13.3. The van der Waals surface area contributed by atoms with Gasteiger partial charge >= 0.3 is 0 Å². The molecule has 1 aliphatic rings. The van der Waals surface area contributed by atoms with Crippen LogP contribution in [0.2, 0.25) is 0 Å². The van der Waals surface area contributed by atoms with E-state index in [0.29, 0.717) is 24.3 Å². The van der Waals surface area contributed by atoms with E-state index in [0.717, 1.165) is 12.5 Å². The van der Waals surface area contributed by atoms with Gasteiger partial charge in [-0.3, -0.25) is 9.52 Å². The number of anilines is 1. The Morgan fingerprint density at radius 2 is 1.89 bits per heavy atom. The number of likely N-dealkylation sites (tertiary alicyclic amines) is 1. The van der Waals surface area contributed by atoms with Gasteiger partial charge < -0.3 is 10.6 Å². The third-order valence-corrected chi connectivity index (χ3v) is 5.71. The number of nitrogens with one attached hydrogen (secondary N) is 1. The molecule has 0 spiro atoms. The summed E-state index contributed by atoms with van der Waals surface area (Å²) in [5.74, 6) is -0.588. The molecule has 0 aliphatic carbocycles. The Bertz CT molecular complexity index is 935.